The lowest BCUT2D eigenvalue weighted by Gasteiger charge is -2.10. The molecular formula is C12H25ClN2O2. The van der Waals surface area contributed by atoms with Gasteiger partial charge in [-0.2, -0.15) is 0 Å². The monoisotopic (exact) mass is 264 g/mol. The minimum absolute atomic E-state index is 0. The average Bonchev–Trinajstić information content (AvgIpc) is 2.79. The Balaban J connectivity index is 0.00000256. The van der Waals surface area contributed by atoms with Gasteiger partial charge in [0.1, 0.15) is 0 Å². The van der Waals surface area contributed by atoms with E-state index in [2.05, 4.69) is 5.32 Å². The van der Waals surface area contributed by atoms with E-state index < -0.39 is 0 Å². The number of unbranched alkanes of at least 4 members (excludes halogenated alkanes) is 3. The van der Waals surface area contributed by atoms with Gasteiger partial charge in [0.15, 0.2) is 0 Å². The van der Waals surface area contributed by atoms with Crippen molar-refractivity contribution in [2.75, 3.05) is 19.7 Å². The molecule has 1 unspecified atom stereocenters. The molecule has 1 aliphatic heterocycles. The van der Waals surface area contributed by atoms with Crippen molar-refractivity contribution in [2.45, 2.75) is 51.0 Å². The van der Waals surface area contributed by atoms with Gasteiger partial charge in [0, 0.05) is 19.6 Å². The van der Waals surface area contributed by atoms with Crippen LogP contribution in [-0.4, -0.2) is 31.7 Å². The highest BCUT2D eigenvalue weighted by Gasteiger charge is 2.15. The Hall–Kier alpha value is -0.320. The lowest BCUT2D eigenvalue weighted by molar-refractivity contribution is -0.121. The van der Waals surface area contributed by atoms with Crippen LogP contribution in [0.5, 0.6) is 0 Å². The SMILES string of the molecule is Cl.NCCCCCCC(=O)NCC1CCCO1. The summed E-state index contributed by atoms with van der Waals surface area (Å²) in [4.78, 5) is 11.4. The van der Waals surface area contributed by atoms with E-state index in [1.807, 2.05) is 0 Å². The van der Waals surface area contributed by atoms with Crippen LogP contribution in [0.25, 0.3) is 0 Å². The summed E-state index contributed by atoms with van der Waals surface area (Å²) in [6.45, 7) is 2.28. The van der Waals surface area contributed by atoms with E-state index in [0.29, 0.717) is 13.0 Å². The van der Waals surface area contributed by atoms with E-state index in [4.69, 9.17) is 10.5 Å². The van der Waals surface area contributed by atoms with Gasteiger partial charge >= 0.3 is 0 Å². The maximum atomic E-state index is 11.4. The van der Waals surface area contributed by atoms with Gasteiger partial charge in [0.2, 0.25) is 5.91 Å². The van der Waals surface area contributed by atoms with Crippen molar-refractivity contribution in [1.82, 2.24) is 5.32 Å². The number of carbonyl (C=O) groups excluding carboxylic acids is 1. The van der Waals surface area contributed by atoms with Crippen LogP contribution in [-0.2, 0) is 9.53 Å². The van der Waals surface area contributed by atoms with Gasteiger partial charge in [-0.1, -0.05) is 12.8 Å². The van der Waals surface area contributed by atoms with Crippen molar-refractivity contribution in [3.05, 3.63) is 0 Å². The van der Waals surface area contributed by atoms with Crippen LogP contribution in [0.2, 0.25) is 0 Å². The first kappa shape index (κ1) is 16.7. The number of carbonyl (C=O) groups is 1. The summed E-state index contributed by atoms with van der Waals surface area (Å²) in [6, 6.07) is 0. The molecule has 0 aliphatic carbocycles. The molecule has 3 N–H and O–H groups in total. The zero-order chi connectivity index (χ0) is 11.6. The number of rotatable bonds is 8. The molecule has 1 fully saturated rings. The van der Waals surface area contributed by atoms with Crippen LogP contribution in [0.3, 0.4) is 0 Å². The number of halogens is 1. The molecule has 1 aliphatic rings. The summed E-state index contributed by atoms with van der Waals surface area (Å²) < 4.78 is 5.43. The first-order chi connectivity index (χ1) is 7.83. The molecule has 0 aromatic heterocycles. The highest BCUT2D eigenvalue weighted by atomic mass is 35.5. The van der Waals surface area contributed by atoms with Gasteiger partial charge in [-0.25, -0.2) is 0 Å². The molecule has 0 aromatic rings. The Labute approximate surface area is 110 Å². The van der Waals surface area contributed by atoms with Gasteiger partial charge in [0.05, 0.1) is 6.10 Å². The van der Waals surface area contributed by atoms with E-state index in [9.17, 15) is 4.79 Å². The van der Waals surface area contributed by atoms with Gasteiger partial charge < -0.3 is 15.8 Å². The number of hydrogen-bond acceptors (Lipinski definition) is 3. The molecule has 1 rings (SSSR count). The minimum Gasteiger partial charge on any atom is -0.376 e. The summed E-state index contributed by atoms with van der Waals surface area (Å²) in [6.07, 6.45) is 7.36. The quantitative estimate of drug-likeness (QED) is 0.655. The van der Waals surface area contributed by atoms with Crippen LogP contribution in [0.15, 0.2) is 0 Å². The van der Waals surface area contributed by atoms with E-state index in [0.717, 1.165) is 51.7 Å². The molecular weight excluding hydrogens is 240 g/mol. The largest absolute Gasteiger partial charge is 0.376 e. The molecule has 17 heavy (non-hydrogen) atoms. The maximum absolute atomic E-state index is 11.4. The molecule has 1 saturated heterocycles. The Morgan fingerprint density at radius 1 is 1.29 bits per heavy atom. The summed E-state index contributed by atoms with van der Waals surface area (Å²) in [7, 11) is 0. The van der Waals surface area contributed by atoms with Crippen LogP contribution in [0, 0.1) is 0 Å². The molecule has 5 heteroatoms. The number of hydrogen-bond donors (Lipinski definition) is 2. The zero-order valence-electron chi connectivity index (χ0n) is 10.5. The molecule has 0 radical (unpaired) electrons. The second-order valence-corrected chi connectivity index (χ2v) is 4.39. The first-order valence-corrected chi connectivity index (χ1v) is 6.41. The third-order valence-corrected chi connectivity index (χ3v) is 2.91. The van der Waals surface area contributed by atoms with E-state index in [1.54, 1.807) is 0 Å². The molecule has 0 aromatic carbocycles. The lowest BCUT2D eigenvalue weighted by Crippen LogP contribution is -2.31. The Morgan fingerprint density at radius 2 is 2.06 bits per heavy atom. The summed E-state index contributed by atoms with van der Waals surface area (Å²) in [5, 5.41) is 2.93. The molecule has 4 nitrogen and oxygen atoms in total. The average molecular weight is 265 g/mol. The van der Waals surface area contributed by atoms with Crippen molar-refractivity contribution in [2.24, 2.45) is 5.73 Å². The van der Waals surface area contributed by atoms with Crippen molar-refractivity contribution < 1.29 is 9.53 Å². The highest BCUT2D eigenvalue weighted by molar-refractivity contribution is 5.85. The normalized spacial score (nSPS) is 18.8. The van der Waals surface area contributed by atoms with Gasteiger partial charge in [-0.15, -0.1) is 12.4 Å². The fraction of sp³-hybridized carbons (Fsp3) is 0.917. The van der Waals surface area contributed by atoms with Crippen molar-refractivity contribution in [3.8, 4) is 0 Å². The van der Waals surface area contributed by atoms with Crippen LogP contribution in [0.1, 0.15) is 44.9 Å². The smallest absolute Gasteiger partial charge is 0.220 e. The van der Waals surface area contributed by atoms with Crippen molar-refractivity contribution in [1.29, 1.82) is 0 Å². The fourth-order valence-electron chi connectivity index (χ4n) is 1.90. The van der Waals surface area contributed by atoms with Gasteiger partial charge in [-0.3, -0.25) is 4.79 Å². The molecule has 102 valence electrons. The van der Waals surface area contributed by atoms with E-state index >= 15 is 0 Å². The summed E-state index contributed by atoms with van der Waals surface area (Å²) in [5.74, 6) is 0.156. The second-order valence-electron chi connectivity index (χ2n) is 4.39. The molecule has 0 spiro atoms. The Morgan fingerprint density at radius 3 is 2.71 bits per heavy atom. The predicted molar refractivity (Wildman–Crippen MR) is 71.4 cm³/mol. The molecule has 1 heterocycles. The molecule has 1 amide bonds. The second kappa shape index (κ2) is 10.8. The third-order valence-electron chi connectivity index (χ3n) is 2.91. The van der Waals surface area contributed by atoms with E-state index in [-0.39, 0.29) is 24.4 Å². The van der Waals surface area contributed by atoms with Gasteiger partial charge in [0.25, 0.3) is 0 Å². The summed E-state index contributed by atoms with van der Waals surface area (Å²) >= 11 is 0. The Bertz CT molecular complexity index is 197. The minimum atomic E-state index is 0. The van der Waals surface area contributed by atoms with Crippen LogP contribution < -0.4 is 11.1 Å². The number of amides is 1. The highest BCUT2D eigenvalue weighted by Crippen LogP contribution is 2.10. The zero-order valence-corrected chi connectivity index (χ0v) is 11.3. The Kier molecular flexibility index (Phi) is 10.6. The predicted octanol–water partition coefficient (Wildman–Crippen LogP) is 1.61. The molecule has 1 atom stereocenters. The topological polar surface area (TPSA) is 64.4 Å². The fourth-order valence-corrected chi connectivity index (χ4v) is 1.90. The van der Waals surface area contributed by atoms with E-state index in [1.165, 1.54) is 0 Å². The standard InChI is InChI=1S/C12H24N2O2.ClH/c13-8-4-2-1-3-7-12(15)14-10-11-6-5-9-16-11;/h11H,1-10,13H2,(H,14,15);1H. The van der Waals surface area contributed by atoms with Crippen LogP contribution >= 0.6 is 12.4 Å². The summed E-state index contributed by atoms with van der Waals surface area (Å²) in [5.41, 5.74) is 5.39. The number of nitrogens with one attached hydrogen (secondary N) is 1. The third kappa shape index (κ3) is 8.41. The van der Waals surface area contributed by atoms with Crippen LogP contribution in [0.4, 0.5) is 0 Å². The maximum Gasteiger partial charge on any atom is 0.220 e. The first-order valence-electron chi connectivity index (χ1n) is 6.41. The molecule has 0 bridgehead atoms. The molecule has 0 saturated carbocycles. The number of nitrogens with two attached hydrogens (primary N) is 1. The van der Waals surface area contributed by atoms with Crippen molar-refractivity contribution >= 4 is 18.3 Å². The van der Waals surface area contributed by atoms with Crippen molar-refractivity contribution in [3.63, 3.8) is 0 Å². The lowest BCUT2D eigenvalue weighted by atomic mass is 10.1. The van der Waals surface area contributed by atoms with Gasteiger partial charge in [-0.05, 0) is 32.2 Å². The number of ether oxygens (including phenoxy) is 1.